The van der Waals surface area contributed by atoms with Crippen LogP contribution >= 0.6 is 0 Å². The standard InChI is InChI=1S/C17H17NO2.C2H6/c1-12-10-13-2-6-15(12)7-3-14-5-9-16(8-4-13)17(11-14)18(19)20;1-2/h2,5-6,9-11H,3-4,7-8H2,1H3;1-2H3. The van der Waals surface area contributed by atoms with Gasteiger partial charge in [0.15, 0.2) is 0 Å². The van der Waals surface area contributed by atoms with Crippen molar-refractivity contribution in [3.63, 3.8) is 0 Å². The quantitative estimate of drug-likeness (QED) is 0.560. The van der Waals surface area contributed by atoms with Gasteiger partial charge in [-0.05, 0) is 54.9 Å². The van der Waals surface area contributed by atoms with Gasteiger partial charge in [-0.3, -0.25) is 10.1 Å². The van der Waals surface area contributed by atoms with Crippen LogP contribution in [0.1, 0.15) is 41.7 Å². The first-order valence-electron chi connectivity index (χ1n) is 7.98. The summed E-state index contributed by atoms with van der Waals surface area (Å²) in [4.78, 5) is 11.0. The van der Waals surface area contributed by atoms with Crippen LogP contribution in [0.3, 0.4) is 0 Å². The van der Waals surface area contributed by atoms with Crippen LogP contribution < -0.4 is 0 Å². The van der Waals surface area contributed by atoms with Crippen molar-refractivity contribution >= 4 is 5.69 Å². The molecule has 4 aliphatic carbocycles. The maximum absolute atomic E-state index is 11.2. The van der Waals surface area contributed by atoms with Gasteiger partial charge in [0.2, 0.25) is 0 Å². The zero-order valence-electron chi connectivity index (χ0n) is 13.6. The fourth-order valence-electron chi connectivity index (χ4n) is 2.90. The largest absolute Gasteiger partial charge is 0.272 e. The lowest BCUT2D eigenvalue weighted by Crippen LogP contribution is -2.03. The first kappa shape index (κ1) is 16.2. The van der Waals surface area contributed by atoms with Gasteiger partial charge < -0.3 is 0 Å². The van der Waals surface area contributed by atoms with Crippen molar-refractivity contribution in [2.24, 2.45) is 0 Å². The van der Waals surface area contributed by atoms with E-state index in [0.717, 1.165) is 36.8 Å². The summed E-state index contributed by atoms with van der Waals surface area (Å²) in [5.74, 6) is 0. The summed E-state index contributed by atoms with van der Waals surface area (Å²) < 4.78 is 0. The molecule has 0 radical (unpaired) electrons. The first-order valence-corrected chi connectivity index (χ1v) is 7.98. The van der Waals surface area contributed by atoms with Crippen LogP contribution in [0.4, 0.5) is 5.69 Å². The summed E-state index contributed by atoms with van der Waals surface area (Å²) >= 11 is 0. The van der Waals surface area contributed by atoms with Gasteiger partial charge in [0.05, 0.1) is 4.92 Å². The molecule has 6 rings (SSSR count). The molecule has 116 valence electrons. The highest BCUT2D eigenvalue weighted by molar-refractivity contribution is 5.45. The average molecular weight is 297 g/mol. The van der Waals surface area contributed by atoms with Crippen molar-refractivity contribution in [2.75, 3.05) is 0 Å². The maximum Gasteiger partial charge on any atom is 0.272 e. The molecule has 0 unspecified atom stereocenters. The monoisotopic (exact) mass is 297 g/mol. The SMILES string of the molecule is CC.Cc1cc2ccc1CCc1ccc(c([N+](=O)[O-])c1)CC2. The van der Waals surface area contributed by atoms with Crippen molar-refractivity contribution in [1.29, 1.82) is 0 Å². The lowest BCUT2D eigenvalue weighted by molar-refractivity contribution is -0.385. The van der Waals surface area contributed by atoms with E-state index in [1.807, 2.05) is 26.0 Å². The molecule has 0 atom stereocenters. The van der Waals surface area contributed by atoms with Gasteiger partial charge >= 0.3 is 0 Å². The van der Waals surface area contributed by atoms with Crippen LogP contribution in [-0.2, 0) is 25.7 Å². The molecule has 0 amide bonds. The fourth-order valence-corrected chi connectivity index (χ4v) is 2.90. The van der Waals surface area contributed by atoms with E-state index >= 15 is 0 Å². The third-order valence-electron chi connectivity index (χ3n) is 4.12. The Morgan fingerprint density at radius 2 is 1.41 bits per heavy atom. The Kier molecular flexibility index (Phi) is 5.31. The van der Waals surface area contributed by atoms with Gasteiger partial charge in [0.1, 0.15) is 0 Å². The van der Waals surface area contributed by atoms with Crippen molar-refractivity contribution in [2.45, 2.75) is 46.5 Å². The predicted octanol–water partition coefficient (Wildman–Crippen LogP) is 4.81. The van der Waals surface area contributed by atoms with Crippen LogP contribution in [0, 0.1) is 17.0 Å². The minimum absolute atomic E-state index is 0.252. The number of benzene rings is 2. The molecule has 4 aliphatic rings. The van der Waals surface area contributed by atoms with E-state index in [4.69, 9.17) is 0 Å². The van der Waals surface area contributed by atoms with E-state index in [9.17, 15) is 10.1 Å². The molecule has 0 aromatic heterocycles. The molecule has 4 bridgehead atoms. The predicted molar refractivity (Wildman–Crippen MR) is 90.4 cm³/mol. The molecular weight excluding hydrogens is 274 g/mol. The molecule has 3 nitrogen and oxygen atoms in total. The second-order valence-electron chi connectivity index (χ2n) is 5.48. The topological polar surface area (TPSA) is 43.1 Å². The van der Waals surface area contributed by atoms with Gasteiger partial charge in [-0.2, -0.15) is 0 Å². The van der Waals surface area contributed by atoms with E-state index < -0.39 is 0 Å². The van der Waals surface area contributed by atoms with Crippen LogP contribution in [0.5, 0.6) is 0 Å². The number of nitro groups is 1. The fraction of sp³-hybridized carbons (Fsp3) is 0.368. The normalized spacial score (nSPS) is 12.9. The Labute approximate surface area is 132 Å². The number of rotatable bonds is 1. The van der Waals surface area contributed by atoms with Gasteiger partial charge in [0.25, 0.3) is 5.69 Å². The van der Waals surface area contributed by atoms with Gasteiger partial charge in [-0.1, -0.05) is 44.2 Å². The molecule has 0 aliphatic heterocycles. The Bertz CT molecular complexity index is 677. The molecule has 0 fully saturated rings. The molecule has 0 saturated carbocycles. The van der Waals surface area contributed by atoms with Crippen molar-refractivity contribution < 1.29 is 4.92 Å². The molecule has 0 heterocycles. The first-order chi connectivity index (χ1) is 10.6. The zero-order valence-corrected chi connectivity index (χ0v) is 13.6. The number of hydrogen-bond acceptors (Lipinski definition) is 2. The molecular formula is C19H23NO2. The summed E-state index contributed by atoms with van der Waals surface area (Å²) in [6.07, 6.45) is 3.35. The number of hydrogen-bond donors (Lipinski definition) is 0. The van der Waals surface area contributed by atoms with E-state index in [2.05, 4.69) is 25.1 Å². The van der Waals surface area contributed by atoms with Crippen LogP contribution in [0.25, 0.3) is 0 Å². The zero-order chi connectivity index (χ0) is 16.1. The van der Waals surface area contributed by atoms with Gasteiger partial charge in [0, 0.05) is 11.6 Å². The maximum atomic E-state index is 11.2. The second-order valence-corrected chi connectivity index (χ2v) is 5.48. The Hall–Kier alpha value is -2.16. The van der Waals surface area contributed by atoms with Crippen LogP contribution in [-0.4, -0.2) is 4.92 Å². The summed E-state index contributed by atoms with van der Waals surface area (Å²) in [5.41, 5.74) is 6.07. The Balaban J connectivity index is 0.000000847. The van der Waals surface area contributed by atoms with E-state index in [1.165, 1.54) is 16.7 Å². The molecule has 0 spiro atoms. The molecule has 22 heavy (non-hydrogen) atoms. The van der Waals surface area contributed by atoms with Crippen molar-refractivity contribution in [3.05, 3.63) is 74.3 Å². The second kappa shape index (κ2) is 7.21. The van der Waals surface area contributed by atoms with Crippen LogP contribution in [0.15, 0.2) is 36.4 Å². The van der Waals surface area contributed by atoms with Crippen LogP contribution in [0.2, 0.25) is 0 Å². The van der Waals surface area contributed by atoms with Gasteiger partial charge in [-0.15, -0.1) is 0 Å². The lowest BCUT2D eigenvalue weighted by atomic mass is 9.93. The Morgan fingerprint density at radius 3 is 2.00 bits per heavy atom. The van der Waals surface area contributed by atoms with Crippen molar-refractivity contribution in [1.82, 2.24) is 0 Å². The summed E-state index contributed by atoms with van der Waals surface area (Å²) in [5, 5.41) is 11.2. The minimum atomic E-state index is -0.252. The number of nitrogens with zero attached hydrogens (tertiary/aromatic N) is 1. The van der Waals surface area contributed by atoms with Gasteiger partial charge in [-0.25, -0.2) is 0 Å². The summed E-state index contributed by atoms with van der Waals surface area (Å²) in [6, 6.07) is 12.3. The smallest absolute Gasteiger partial charge is 0.258 e. The molecule has 0 N–H and O–H groups in total. The summed E-state index contributed by atoms with van der Waals surface area (Å²) in [7, 11) is 0. The van der Waals surface area contributed by atoms with E-state index in [-0.39, 0.29) is 10.6 Å². The Morgan fingerprint density at radius 1 is 0.864 bits per heavy atom. The molecule has 2 aromatic carbocycles. The summed E-state index contributed by atoms with van der Waals surface area (Å²) in [6.45, 7) is 6.15. The molecule has 2 aromatic rings. The number of aryl methyl sites for hydroxylation is 5. The lowest BCUT2D eigenvalue weighted by Gasteiger charge is -2.12. The minimum Gasteiger partial charge on any atom is -0.258 e. The highest BCUT2D eigenvalue weighted by Gasteiger charge is 2.15. The van der Waals surface area contributed by atoms with E-state index in [1.54, 1.807) is 6.07 Å². The molecule has 0 saturated heterocycles. The third kappa shape index (κ3) is 3.53. The van der Waals surface area contributed by atoms with Crippen molar-refractivity contribution in [3.8, 4) is 0 Å². The van der Waals surface area contributed by atoms with E-state index in [0.29, 0.717) is 0 Å². The highest BCUT2D eigenvalue weighted by atomic mass is 16.6. The number of nitro benzene ring substituents is 1. The average Bonchev–Trinajstić information content (AvgIpc) is 2.52. The highest BCUT2D eigenvalue weighted by Crippen LogP contribution is 2.25. The third-order valence-corrected chi connectivity index (χ3v) is 4.12. The molecule has 3 heteroatoms.